The fourth-order valence-corrected chi connectivity index (χ4v) is 1.18. The highest BCUT2D eigenvalue weighted by molar-refractivity contribution is 5.86. The fraction of sp³-hybridized carbons (Fsp3) is 0.154. The average Bonchev–Trinajstić information content (AvgIpc) is 2.35. The van der Waals surface area contributed by atoms with Crippen LogP contribution in [-0.2, 0) is 19.1 Å². The largest absolute Gasteiger partial charge is 0.478 e. The number of hydrogen-bond donors (Lipinski definition) is 1. The van der Waals surface area contributed by atoms with Crippen LogP contribution in [0.5, 0.6) is 5.75 Å². The molecule has 100 valence electrons. The number of carboxylic acids is 1. The molecular weight excluding hydrogens is 252 g/mol. The number of para-hydroxylation sites is 1. The van der Waals surface area contributed by atoms with Gasteiger partial charge in [0, 0.05) is 18.6 Å². The summed E-state index contributed by atoms with van der Waals surface area (Å²) in [7, 11) is 0. The molecule has 0 unspecified atom stereocenters. The van der Waals surface area contributed by atoms with Gasteiger partial charge in [-0.2, -0.15) is 0 Å². The lowest BCUT2D eigenvalue weighted by Crippen LogP contribution is -2.17. The first-order valence-electron chi connectivity index (χ1n) is 5.33. The molecule has 0 saturated carbocycles. The lowest BCUT2D eigenvalue weighted by atomic mass is 10.2. The van der Waals surface area contributed by atoms with E-state index in [1.54, 1.807) is 18.2 Å². The SMILES string of the molecule is CC(=O)OCC(=O)Oc1ccccc1/C=C/C(=O)O. The van der Waals surface area contributed by atoms with E-state index >= 15 is 0 Å². The van der Waals surface area contributed by atoms with E-state index in [-0.39, 0.29) is 5.75 Å². The van der Waals surface area contributed by atoms with Crippen molar-refractivity contribution in [2.24, 2.45) is 0 Å². The summed E-state index contributed by atoms with van der Waals surface area (Å²) < 4.78 is 9.46. The van der Waals surface area contributed by atoms with Gasteiger partial charge >= 0.3 is 17.9 Å². The minimum Gasteiger partial charge on any atom is -0.478 e. The van der Waals surface area contributed by atoms with Crippen LogP contribution < -0.4 is 4.74 Å². The lowest BCUT2D eigenvalue weighted by molar-refractivity contribution is -0.152. The number of benzene rings is 1. The highest BCUT2D eigenvalue weighted by Gasteiger charge is 2.09. The molecule has 0 fully saturated rings. The molecule has 1 aromatic rings. The molecule has 0 radical (unpaired) electrons. The number of carbonyl (C=O) groups excluding carboxylic acids is 2. The van der Waals surface area contributed by atoms with E-state index < -0.39 is 24.5 Å². The fourth-order valence-electron chi connectivity index (χ4n) is 1.18. The van der Waals surface area contributed by atoms with Crippen molar-refractivity contribution in [3.05, 3.63) is 35.9 Å². The molecule has 0 heterocycles. The summed E-state index contributed by atoms with van der Waals surface area (Å²) >= 11 is 0. The third kappa shape index (κ3) is 5.49. The second-order valence-electron chi connectivity index (χ2n) is 3.46. The normalized spacial score (nSPS) is 10.2. The van der Waals surface area contributed by atoms with Gasteiger partial charge in [0.2, 0.25) is 0 Å². The van der Waals surface area contributed by atoms with Crippen molar-refractivity contribution < 1.29 is 29.0 Å². The van der Waals surface area contributed by atoms with E-state index in [1.807, 2.05) is 0 Å². The lowest BCUT2D eigenvalue weighted by Gasteiger charge is -2.07. The van der Waals surface area contributed by atoms with Gasteiger partial charge in [-0.05, 0) is 12.1 Å². The van der Waals surface area contributed by atoms with Crippen LogP contribution in [-0.4, -0.2) is 29.6 Å². The molecule has 19 heavy (non-hydrogen) atoms. The van der Waals surface area contributed by atoms with Crippen LogP contribution in [0.3, 0.4) is 0 Å². The average molecular weight is 264 g/mol. The molecule has 1 N–H and O–H groups in total. The van der Waals surface area contributed by atoms with E-state index in [4.69, 9.17) is 9.84 Å². The predicted molar refractivity (Wildman–Crippen MR) is 65.4 cm³/mol. The third-order valence-corrected chi connectivity index (χ3v) is 1.94. The molecule has 0 amide bonds. The van der Waals surface area contributed by atoms with E-state index in [1.165, 1.54) is 19.1 Å². The summed E-state index contributed by atoms with van der Waals surface area (Å²) in [5, 5.41) is 8.54. The Morgan fingerprint density at radius 3 is 2.58 bits per heavy atom. The molecule has 1 aromatic carbocycles. The zero-order chi connectivity index (χ0) is 14.3. The third-order valence-electron chi connectivity index (χ3n) is 1.94. The molecule has 6 nitrogen and oxygen atoms in total. The Morgan fingerprint density at radius 1 is 1.26 bits per heavy atom. The molecule has 0 saturated heterocycles. The van der Waals surface area contributed by atoms with Gasteiger partial charge in [-0.25, -0.2) is 9.59 Å². The van der Waals surface area contributed by atoms with Crippen LogP contribution in [0.25, 0.3) is 6.08 Å². The number of hydrogen-bond acceptors (Lipinski definition) is 5. The smallest absolute Gasteiger partial charge is 0.349 e. The second kappa shape index (κ2) is 6.95. The molecule has 0 aliphatic carbocycles. The summed E-state index contributed by atoms with van der Waals surface area (Å²) in [5.74, 6) is -2.25. The molecule has 0 atom stereocenters. The van der Waals surface area contributed by atoms with E-state index in [9.17, 15) is 14.4 Å². The van der Waals surface area contributed by atoms with Gasteiger partial charge in [0.05, 0.1) is 0 Å². The molecule has 0 aromatic heterocycles. The van der Waals surface area contributed by atoms with E-state index in [0.29, 0.717) is 5.56 Å². The maximum Gasteiger partial charge on any atom is 0.349 e. The van der Waals surface area contributed by atoms with Crippen molar-refractivity contribution in [2.75, 3.05) is 6.61 Å². The van der Waals surface area contributed by atoms with E-state index in [2.05, 4.69) is 4.74 Å². The van der Waals surface area contributed by atoms with Gasteiger partial charge in [-0.15, -0.1) is 0 Å². The van der Waals surface area contributed by atoms with E-state index in [0.717, 1.165) is 6.08 Å². The number of aliphatic carboxylic acids is 1. The number of carboxylic acid groups (broad SMARTS) is 1. The number of ether oxygens (including phenoxy) is 2. The predicted octanol–water partition coefficient (Wildman–Crippen LogP) is 1.25. The molecule has 0 aliphatic rings. The van der Waals surface area contributed by atoms with Crippen LogP contribution >= 0.6 is 0 Å². The highest BCUT2D eigenvalue weighted by Crippen LogP contribution is 2.19. The van der Waals surface area contributed by atoms with Crippen molar-refractivity contribution in [1.82, 2.24) is 0 Å². The maximum absolute atomic E-state index is 11.4. The minimum atomic E-state index is -1.11. The molecule has 6 heteroatoms. The molecule has 1 rings (SSSR count). The monoisotopic (exact) mass is 264 g/mol. The van der Waals surface area contributed by atoms with Crippen molar-refractivity contribution in [1.29, 1.82) is 0 Å². The van der Waals surface area contributed by atoms with Crippen LogP contribution in [0, 0.1) is 0 Å². The second-order valence-corrected chi connectivity index (χ2v) is 3.46. The Bertz CT molecular complexity index is 518. The van der Waals surface area contributed by atoms with Crippen LogP contribution in [0.1, 0.15) is 12.5 Å². The highest BCUT2D eigenvalue weighted by atomic mass is 16.6. The number of carbonyl (C=O) groups is 3. The quantitative estimate of drug-likeness (QED) is 0.489. The summed E-state index contributed by atoms with van der Waals surface area (Å²) in [6.45, 7) is 0.684. The zero-order valence-electron chi connectivity index (χ0n) is 10.2. The summed E-state index contributed by atoms with van der Waals surface area (Å²) in [6, 6.07) is 6.40. The number of esters is 2. The Balaban J connectivity index is 2.75. The molecule has 0 spiro atoms. The summed E-state index contributed by atoms with van der Waals surface area (Å²) in [4.78, 5) is 32.3. The molecule has 0 bridgehead atoms. The first-order valence-corrected chi connectivity index (χ1v) is 5.33. The van der Waals surface area contributed by atoms with Crippen LogP contribution in [0.4, 0.5) is 0 Å². The van der Waals surface area contributed by atoms with Crippen LogP contribution in [0.2, 0.25) is 0 Å². The summed E-state index contributed by atoms with van der Waals surface area (Å²) in [6.07, 6.45) is 2.23. The van der Waals surface area contributed by atoms with Crippen molar-refractivity contribution in [3.8, 4) is 5.75 Å². The Kier molecular flexibility index (Phi) is 5.28. The number of rotatable bonds is 5. The minimum absolute atomic E-state index is 0.192. The summed E-state index contributed by atoms with van der Waals surface area (Å²) in [5.41, 5.74) is 0.432. The molecule has 0 aliphatic heterocycles. The maximum atomic E-state index is 11.4. The van der Waals surface area contributed by atoms with Crippen LogP contribution in [0.15, 0.2) is 30.3 Å². The van der Waals surface area contributed by atoms with Crippen molar-refractivity contribution in [2.45, 2.75) is 6.92 Å². The topological polar surface area (TPSA) is 89.9 Å². The van der Waals surface area contributed by atoms with Gasteiger partial charge in [-0.1, -0.05) is 18.2 Å². The first kappa shape index (κ1) is 14.4. The Hall–Kier alpha value is -2.63. The van der Waals surface area contributed by atoms with Gasteiger partial charge in [0.25, 0.3) is 0 Å². The standard InChI is InChI=1S/C13H12O6/c1-9(14)18-8-13(17)19-11-5-3-2-4-10(11)6-7-12(15)16/h2-7H,8H2,1H3,(H,15,16)/b7-6+. The van der Waals surface area contributed by atoms with Gasteiger partial charge in [0.1, 0.15) is 5.75 Å². The van der Waals surface area contributed by atoms with Crippen molar-refractivity contribution >= 4 is 24.0 Å². The first-order chi connectivity index (χ1) is 8.99. The zero-order valence-corrected chi connectivity index (χ0v) is 10.2. The Morgan fingerprint density at radius 2 is 1.95 bits per heavy atom. The van der Waals surface area contributed by atoms with Gasteiger partial charge in [-0.3, -0.25) is 4.79 Å². The molecular formula is C13H12O6. The van der Waals surface area contributed by atoms with Gasteiger partial charge in [0.15, 0.2) is 6.61 Å². The Labute approximate surface area is 109 Å². The van der Waals surface area contributed by atoms with Gasteiger partial charge < -0.3 is 14.6 Å². The van der Waals surface area contributed by atoms with Crippen molar-refractivity contribution in [3.63, 3.8) is 0 Å².